The average molecular weight is 366 g/mol. The Bertz CT molecular complexity index is 822. The maximum atomic E-state index is 9.29. The lowest BCUT2D eigenvalue weighted by Gasteiger charge is -2.25. The number of allylic oxidation sites excluding steroid dienone is 1. The molecule has 1 saturated carbocycles. The summed E-state index contributed by atoms with van der Waals surface area (Å²) in [5.41, 5.74) is 5.23. The summed E-state index contributed by atoms with van der Waals surface area (Å²) in [5, 5.41) is 21.0. The van der Waals surface area contributed by atoms with Gasteiger partial charge >= 0.3 is 0 Å². The molecule has 2 N–H and O–H groups in total. The number of hydrogen-bond donors (Lipinski definition) is 2. The minimum absolute atomic E-state index is 0. The Kier molecular flexibility index (Phi) is 5.18. The number of nitrogens with zero attached hydrogens (tertiary/aromatic N) is 3. The van der Waals surface area contributed by atoms with E-state index in [4.69, 9.17) is 5.10 Å². The molecule has 0 aromatic carbocycles. The Balaban J connectivity index is 0.000000728. The van der Waals surface area contributed by atoms with Gasteiger partial charge in [-0.3, -0.25) is 10.00 Å². The van der Waals surface area contributed by atoms with Gasteiger partial charge in [0.15, 0.2) is 0 Å². The zero-order chi connectivity index (χ0) is 18.8. The molecule has 0 spiro atoms. The van der Waals surface area contributed by atoms with Gasteiger partial charge in [0.1, 0.15) is 6.17 Å². The summed E-state index contributed by atoms with van der Waals surface area (Å²) in [6.07, 6.45) is 17.5. The van der Waals surface area contributed by atoms with E-state index in [0.717, 1.165) is 6.42 Å². The van der Waals surface area contributed by atoms with Crippen LogP contribution in [-0.4, -0.2) is 22.0 Å². The third-order valence-electron chi connectivity index (χ3n) is 6.14. The van der Waals surface area contributed by atoms with Crippen LogP contribution in [0.5, 0.6) is 0 Å². The largest absolute Gasteiger partial charge is 0.372 e. The maximum absolute atomic E-state index is 9.29. The Labute approximate surface area is 163 Å². The van der Waals surface area contributed by atoms with Crippen LogP contribution in [0, 0.1) is 17.2 Å². The predicted molar refractivity (Wildman–Crippen MR) is 110 cm³/mol. The molecule has 1 aromatic heterocycles. The third kappa shape index (κ3) is 3.23. The number of aromatic nitrogens is 2. The first-order valence-electron chi connectivity index (χ1n) is 10.4. The van der Waals surface area contributed by atoms with E-state index in [0.29, 0.717) is 18.4 Å². The SMILES string of the molecule is CC.N#CC[C@H](C1CCCC1)n1cc(C2=C3C=CNC3NC3C=C2C3)cn1.[HH]. The molecule has 0 amide bonds. The Morgan fingerprint density at radius 2 is 2.15 bits per heavy atom. The molecule has 1 aromatic rings. The van der Waals surface area contributed by atoms with Gasteiger partial charge in [0.05, 0.1) is 24.7 Å². The van der Waals surface area contributed by atoms with Crippen molar-refractivity contribution in [1.29, 1.82) is 5.26 Å². The monoisotopic (exact) mass is 365 g/mol. The first-order chi connectivity index (χ1) is 13.3. The van der Waals surface area contributed by atoms with Crippen LogP contribution in [0.1, 0.15) is 65.4 Å². The summed E-state index contributed by atoms with van der Waals surface area (Å²) in [6.45, 7) is 4.00. The highest BCUT2D eigenvalue weighted by molar-refractivity contribution is 5.86. The number of rotatable bonds is 4. The van der Waals surface area contributed by atoms with Crippen molar-refractivity contribution < 1.29 is 1.43 Å². The van der Waals surface area contributed by atoms with Crippen LogP contribution >= 0.6 is 0 Å². The van der Waals surface area contributed by atoms with Crippen LogP contribution in [0.2, 0.25) is 0 Å². The third-order valence-corrected chi connectivity index (χ3v) is 6.14. The van der Waals surface area contributed by atoms with Gasteiger partial charge in [-0.2, -0.15) is 10.4 Å². The fourth-order valence-electron chi connectivity index (χ4n) is 4.84. The van der Waals surface area contributed by atoms with Crippen molar-refractivity contribution in [3.63, 3.8) is 0 Å². The number of nitrogens with one attached hydrogen (secondary N) is 2. The Hall–Kier alpha value is -2.32. The fraction of sp³-hybridized carbons (Fsp3) is 0.545. The predicted octanol–water partition coefficient (Wildman–Crippen LogP) is 4.30. The van der Waals surface area contributed by atoms with Gasteiger partial charge in [-0.15, -0.1) is 0 Å². The van der Waals surface area contributed by atoms with Crippen LogP contribution in [0.25, 0.3) is 5.57 Å². The van der Waals surface area contributed by atoms with E-state index < -0.39 is 0 Å². The molecule has 3 aliphatic heterocycles. The molecule has 0 radical (unpaired) electrons. The highest BCUT2D eigenvalue weighted by atomic mass is 15.3. The molecule has 2 aliphatic carbocycles. The summed E-state index contributed by atoms with van der Waals surface area (Å²) in [5.74, 6) is 0.592. The average Bonchev–Trinajstić information content (AvgIpc) is 3.41. The van der Waals surface area contributed by atoms with E-state index in [-0.39, 0.29) is 13.6 Å². The van der Waals surface area contributed by atoms with Gasteiger partial charge in [-0.05, 0) is 54.2 Å². The highest BCUT2D eigenvalue weighted by Crippen LogP contribution is 2.41. The second-order valence-electron chi connectivity index (χ2n) is 7.62. The topological polar surface area (TPSA) is 65.7 Å². The second-order valence-corrected chi connectivity index (χ2v) is 7.62. The minimum Gasteiger partial charge on any atom is -0.372 e. The summed E-state index contributed by atoms with van der Waals surface area (Å²) in [6, 6.07) is 3.07. The zero-order valence-corrected chi connectivity index (χ0v) is 16.3. The van der Waals surface area contributed by atoms with Crippen molar-refractivity contribution in [1.82, 2.24) is 20.4 Å². The van der Waals surface area contributed by atoms with Crippen LogP contribution in [0.4, 0.5) is 0 Å². The highest BCUT2D eigenvalue weighted by Gasteiger charge is 2.35. The van der Waals surface area contributed by atoms with Crippen LogP contribution in [-0.2, 0) is 0 Å². The van der Waals surface area contributed by atoms with Crippen molar-refractivity contribution in [2.24, 2.45) is 5.92 Å². The van der Waals surface area contributed by atoms with Gasteiger partial charge in [0.2, 0.25) is 0 Å². The first kappa shape index (κ1) is 18.1. The van der Waals surface area contributed by atoms with E-state index in [1.54, 1.807) is 0 Å². The van der Waals surface area contributed by atoms with E-state index in [2.05, 4.69) is 39.7 Å². The molecule has 27 heavy (non-hydrogen) atoms. The molecule has 5 heteroatoms. The molecule has 2 unspecified atom stereocenters. The van der Waals surface area contributed by atoms with E-state index in [1.807, 2.05) is 26.2 Å². The number of hydrogen-bond acceptors (Lipinski definition) is 4. The fourth-order valence-corrected chi connectivity index (χ4v) is 4.84. The number of nitriles is 1. The molecule has 0 saturated heterocycles. The molecule has 2 bridgehead atoms. The lowest BCUT2D eigenvalue weighted by molar-refractivity contribution is 0.314. The minimum atomic E-state index is 0. The summed E-state index contributed by atoms with van der Waals surface area (Å²) in [7, 11) is 0. The lowest BCUT2D eigenvalue weighted by Crippen LogP contribution is -2.44. The van der Waals surface area contributed by atoms with Crippen molar-refractivity contribution in [3.8, 4) is 6.07 Å². The molecule has 5 aliphatic rings. The molecule has 6 rings (SSSR count). The van der Waals surface area contributed by atoms with Crippen LogP contribution in [0.15, 0.2) is 41.9 Å². The molecule has 1 fully saturated rings. The molecule has 5 nitrogen and oxygen atoms in total. The second kappa shape index (κ2) is 7.74. The lowest BCUT2D eigenvalue weighted by atomic mass is 9.84. The van der Waals surface area contributed by atoms with Gasteiger partial charge in [-0.25, -0.2) is 0 Å². The van der Waals surface area contributed by atoms with Crippen LogP contribution in [0.3, 0.4) is 0 Å². The summed E-state index contributed by atoms with van der Waals surface area (Å²) < 4.78 is 2.07. The van der Waals surface area contributed by atoms with Crippen molar-refractivity contribution in [3.05, 3.63) is 47.5 Å². The van der Waals surface area contributed by atoms with Crippen molar-refractivity contribution >= 4 is 5.57 Å². The van der Waals surface area contributed by atoms with E-state index in [1.165, 1.54) is 48.0 Å². The molecular formula is C22H31N5. The maximum Gasteiger partial charge on any atom is 0.104 e. The molecule has 4 heterocycles. The smallest absolute Gasteiger partial charge is 0.104 e. The standard InChI is InChI=1S/C20H23N5.C2H6.H2/c21-7-5-18(13-3-1-2-4-13)25-12-15(11-23-25)19-14-9-16(10-14)24-20-17(19)6-8-22-20;1-2;/h6,8-9,11-13,16,18,20,22,24H,1-5,10H2;1-2H3;1H/t16?,18-,20?;;/m1../s1. The molecular weight excluding hydrogens is 334 g/mol. The van der Waals surface area contributed by atoms with Gasteiger partial charge in [0, 0.05) is 19.2 Å². The van der Waals surface area contributed by atoms with E-state index >= 15 is 0 Å². The summed E-state index contributed by atoms with van der Waals surface area (Å²) >= 11 is 0. The first-order valence-corrected chi connectivity index (χ1v) is 10.4. The molecule has 3 atom stereocenters. The van der Waals surface area contributed by atoms with Gasteiger partial charge in [0.25, 0.3) is 0 Å². The van der Waals surface area contributed by atoms with Gasteiger partial charge < -0.3 is 5.32 Å². The zero-order valence-electron chi connectivity index (χ0n) is 16.3. The van der Waals surface area contributed by atoms with E-state index in [9.17, 15) is 5.26 Å². The normalized spacial score (nSPS) is 26.8. The van der Waals surface area contributed by atoms with Crippen molar-refractivity contribution in [2.75, 3.05) is 0 Å². The Morgan fingerprint density at radius 3 is 2.89 bits per heavy atom. The van der Waals surface area contributed by atoms with Crippen molar-refractivity contribution in [2.45, 2.75) is 70.6 Å². The Morgan fingerprint density at radius 1 is 1.37 bits per heavy atom. The van der Waals surface area contributed by atoms with Gasteiger partial charge in [-0.1, -0.05) is 32.8 Å². The molecule has 144 valence electrons. The quantitative estimate of drug-likeness (QED) is 0.835. The van der Waals surface area contributed by atoms with Crippen LogP contribution < -0.4 is 10.6 Å². The summed E-state index contributed by atoms with van der Waals surface area (Å²) in [4.78, 5) is 0.